The zero-order valence-corrected chi connectivity index (χ0v) is 15.4. The van der Waals surface area contributed by atoms with Crippen LogP contribution in [0.15, 0.2) is 65.3 Å². The van der Waals surface area contributed by atoms with Gasteiger partial charge in [-0.05, 0) is 30.3 Å². The number of rotatable bonds is 6. The topological polar surface area (TPSA) is 74.9 Å². The van der Waals surface area contributed by atoms with Crippen molar-refractivity contribution in [3.63, 3.8) is 0 Å². The Morgan fingerprint density at radius 1 is 1.15 bits per heavy atom. The third-order valence-corrected chi connectivity index (χ3v) is 4.28. The number of anilines is 1. The highest BCUT2D eigenvalue weighted by atomic mass is 35.5. The molecule has 0 saturated heterocycles. The van der Waals surface area contributed by atoms with Crippen LogP contribution in [0.1, 0.15) is 11.3 Å². The summed E-state index contributed by atoms with van der Waals surface area (Å²) in [5, 5.41) is 13.3. The van der Waals surface area contributed by atoms with E-state index < -0.39 is 0 Å². The van der Waals surface area contributed by atoms with Gasteiger partial charge in [-0.1, -0.05) is 35.9 Å². The average molecular weight is 387 g/mol. The summed E-state index contributed by atoms with van der Waals surface area (Å²) >= 11 is 6.12. The lowest BCUT2D eigenvalue weighted by molar-refractivity contribution is 0.200. The van der Waals surface area contributed by atoms with Gasteiger partial charge in [-0.15, -0.1) is 0 Å². The molecule has 2 aromatic carbocycles. The maximum absolute atomic E-state index is 12.9. The predicted octanol–water partition coefficient (Wildman–Crippen LogP) is 4.88. The summed E-state index contributed by atoms with van der Waals surface area (Å²) in [4.78, 5) is 14.4. The van der Waals surface area contributed by atoms with E-state index in [4.69, 9.17) is 20.8 Å². The Labute approximate surface area is 161 Å². The van der Waals surface area contributed by atoms with E-state index in [9.17, 15) is 9.90 Å². The molecule has 0 unspecified atom stereocenters. The number of ether oxygens (including phenoxy) is 1. The van der Waals surface area contributed by atoms with E-state index in [0.29, 0.717) is 27.8 Å². The Kier molecular flexibility index (Phi) is 5.88. The Hall–Kier alpha value is -3.12. The van der Waals surface area contributed by atoms with E-state index in [1.807, 2.05) is 0 Å². The van der Waals surface area contributed by atoms with E-state index >= 15 is 0 Å². The highest BCUT2D eigenvalue weighted by molar-refractivity contribution is 6.32. The molecule has 1 aromatic heterocycles. The molecular weight excluding hydrogens is 368 g/mol. The van der Waals surface area contributed by atoms with Gasteiger partial charge in [-0.3, -0.25) is 0 Å². The third-order valence-electron chi connectivity index (χ3n) is 3.98. The van der Waals surface area contributed by atoms with Crippen LogP contribution < -0.4 is 10.1 Å². The molecule has 3 rings (SSSR count). The summed E-state index contributed by atoms with van der Waals surface area (Å²) in [6.45, 7) is 0.429. The molecule has 0 bridgehead atoms. The summed E-state index contributed by atoms with van der Waals surface area (Å²) in [5.74, 6) is 1.13. The predicted molar refractivity (Wildman–Crippen MR) is 103 cm³/mol. The zero-order chi connectivity index (χ0) is 19.2. The molecule has 27 heavy (non-hydrogen) atoms. The Morgan fingerprint density at radius 2 is 1.96 bits per heavy atom. The number of furan rings is 1. The normalized spacial score (nSPS) is 10.4. The number of phenols is 1. The van der Waals surface area contributed by atoms with Gasteiger partial charge >= 0.3 is 6.03 Å². The monoisotopic (exact) mass is 386 g/mol. The van der Waals surface area contributed by atoms with Gasteiger partial charge in [0.25, 0.3) is 0 Å². The second-order valence-corrected chi connectivity index (χ2v) is 6.22. The van der Waals surface area contributed by atoms with E-state index in [1.54, 1.807) is 60.9 Å². The van der Waals surface area contributed by atoms with Crippen molar-refractivity contribution in [2.24, 2.45) is 0 Å². The number of nitrogens with zero attached hydrogens (tertiary/aromatic N) is 1. The molecule has 0 radical (unpaired) electrons. The number of para-hydroxylation sites is 2. The molecule has 0 spiro atoms. The average Bonchev–Trinajstić information content (AvgIpc) is 3.16. The number of hydrogen-bond acceptors (Lipinski definition) is 4. The van der Waals surface area contributed by atoms with Crippen molar-refractivity contribution in [1.82, 2.24) is 4.90 Å². The van der Waals surface area contributed by atoms with E-state index in [1.165, 1.54) is 12.0 Å². The number of amides is 2. The first-order valence-electron chi connectivity index (χ1n) is 8.26. The second-order valence-electron chi connectivity index (χ2n) is 5.81. The van der Waals surface area contributed by atoms with Crippen LogP contribution in [0.25, 0.3) is 0 Å². The van der Waals surface area contributed by atoms with Gasteiger partial charge in [-0.2, -0.15) is 0 Å². The molecule has 6 nitrogen and oxygen atoms in total. The maximum atomic E-state index is 12.9. The van der Waals surface area contributed by atoms with Gasteiger partial charge in [0.15, 0.2) is 5.75 Å². The summed E-state index contributed by atoms with van der Waals surface area (Å²) in [5.41, 5.74) is 1.08. The fourth-order valence-electron chi connectivity index (χ4n) is 2.65. The van der Waals surface area contributed by atoms with Gasteiger partial charge in [0.1, 0.15) is 11.5 Å². The number of urea groups is 1. The highest BCUT2D eigenvalue weighted by Crippen LogP contribution is 2.32. The molecule has 0 saturated carbocycles. The molecular formula is C20H19ClN2O4. The number of hydrogen-bond donors (Lipinski definition) is 2. The van der Waals surface area contributed by atoms with Crippen LogP contribution in [0, 0.1) is 0 Å². The molecule has 0 atom stereocenters. The number of carbonyl (C=O) groups excluding carboxylic acids is 1. The first-order chi connectivity index (χ1) is 13.1. The lowest BCUT2D eigenvalue weighted by atomic mass is 10.2. The highest BCUT2D eigenvalue weighted by Gasteiger charge is 2.19. The van der Waals surface area contributed by atoms with Gasteiger partial charge in [0.2, 0.25) is 0 Å². The fraction of sp³-hybridized carbons (Fsp3) is 0.150. The SMILES string of the molecule is COc1c(Cl)cccc1NC(=O)N(Cc1ccco1)Cc1ccccc1O. The smallest absolute Gasteiger partial charge is 0.322 e. The minimum Gasteiger partial charge on any atom is -0.508 e. The molecule has 0 aliphatic carbocycles. The first kappa shape index (κ1) is 18.7. The number of phenolic OH excluding ortho intramolecular Hbond substituents is 1. The van der Waals surface area contributed by atoms with Crippen molar-refractivity contribution in [3.8, 4) is 11.5 Å². The fourth-order valence-corrected chi connectivity index (χ4v) is 2.90. The number of halogens is 1. The van der Waals surface area contributed by atoms with Crippen molar-refractivity contribution >= 4 is 23.3 Å². The van der Waals surface area contributed by atoms with Crippen LogP contribution >= 0.6 is 11.6 Å². The van der Waals surface area contributed by atoms with Crippen LogP contribution in [0.2, 0.25) is 5.02 Å². The molecule has 0 aliphatic rings. The van der Waals surface area contributed by atoms with Crippen molar-refractivity contribution in [3.05, 3.63) is 77.2 Å². The maximum Gasteiger partial charge on any atom is 0.322 e. The summed E-state index contributed by atoms with van der Waals surface area (Å²) < 4.78 is 10.6. The van der Waals surface area contributed by atoms with Crippen molar-refractivity contribution in [2.45, 2.75) is 13.1 Å². The van der Waals surface area contributed by atoms with Crippen molar-refractivity contribution < 1.29 is 19.1 Å². The van der Waals surface area contributed by atoms with Gasteiger partial charge in [-0.25, -0.2) is 4.79 Å². The second kappa shape index (κ2) is 8.51. The van der Waals surface area contributed by atoms with Crippen LogP contribution in [-0.4, -0.2) is 23.1 Å². The number of methoxy groups -OCH3 is 1. The summed E-state index contributed by atoms with van der Waals surface area (Å²) in [6, 6.07) is 15.1. The molecule has 7 heteroatoms. The van der Waals surface area contributed by atoms with Gasteiger partial charge in [0, 0.05) is 5.56 Å². The van der Waals surface area contributed by atoms with E-state index in [-0.39, 0.29) is 24.9 Å². The van der Waals surface area contributed by atoms with Crippen LogP contribution in [0.3, 0.4) is 0 Å². The number of benzene rings is 2. The van der Waals surface area contributed by atoms with Crippen molar-refractivity contribution in [1.29, 1.82) is 0 Å². The molecule has 1 heterocycles. The van der Waals surface area contributed by atoms with Crippen molar-refractivity contribution in [2.75, 3.05) is 12.4 Å². The van der Waals surface area contributed by atoms with Gasteiger partial charge in [0.05, 0.1) is 37.2 Å². The third kappa shape index (κ3) is 4.54. The number of aromatic hydroxyl groups is 1. The molecule has 3 aromatic rings. The van der Waals surface area contributed by atoms with Gasteiger partial charge < -0.3 is 24.5 Å². The minimum absolute atomic E-state index is 0.120. The number of carbonyl (C=O) groups is 1. The summed E-state index contributed by atoms with van der Waals surface area (Å²) in [6.07, 6.45) is 1.55. The van der Waals surface area contributed by atoms with Crippen LogP contribution in [0.5, 0.6) is 11.5 Å². The Bertz CT molecular complexity index is 912. The first-order valence-corrected chi connectivity index (χ1v) is 8.64. The molecule has 140 valence electrons. The standard InChI is InChI=1S/C20H19ClN2O4/c1-26-19-16(21)8-4-9-17(19)22-20(25)23(13-15-7-5-11-27-15)12-14-6-2-3-10-18(14)24/h2-11,24H,12-13H2,1H3,(H,22,25). The van der Waals surface area contributed by atoms with E-state index in [0.717, 1.165) is 0 Å². The molecule has 0 fully saturated rings. The lowest BCUT2D eigenvalue weighted by Crippen LogP contribution is -2.34. The lowest BCUT2D eigenvalue weighted by Gasteiger charge is -2.23. The van der Waals surface area contributed by atoms with Crippen LogP contribution in [-0.2, 0) is 13.1 Å². The zero-order valence-electron chi connectivity index (χ0n) is 14.7. The van der Waals surface area contributed by atoms with E-state index in [2.05, 4.69) is 5.32 Å². The molecule has 2 N–H and O–H groups in total. The number of nitrogens with one attached hydrogen (secondary N) is 1. The largest absolute Gasteiger partial charge is 0.508 e. The quantitative estimate of drug-likeness (QED) is 0.633. The Morgan fingerprint density at radius 3 is 2.67 bits per heavy atom. The molecule has 2 amide bonds. The minimum atomic E-state index is -0.379. The molecule has 0 aliphatic heterocycles. The summed E-state index contributed by atoms with van der Waals surface area (Å²) in [7, 11) is 1.49. The van der Waals surface area contributed by atoms with Crippen LogP contribution in [0.4, 0.5) is 10.5 Å². The Balaban J connectivity index is 1.84.